The number of hydrogen-bond donors (Lipinski definition) is 1. The van der Waals surface area contributed by atoms with E-state index in [4.69, 9.17) is 5.73 Å². The van der Waals surface area contributed by atoms with E-state index in [1.165, 1.54) is 12.1 Å². The predicted octanol–water partition coefficient (Wildman–Crippen LogP) is 2.67. The molecule has 5 heteroatoms. The van der Waals surface area contributed by atoms with E-state index >= 15 is 0 Å². The minimum absolute atomic E-state index is 0.0810. The van der Waals surface area contributed by atoms with E-state index in [1.807, 2.05) is 0 Å². The highest BCUT2D eigenvalue weighted by Gasteiger charge is 2.24. The normalized spacial score (nSPS) is 10.2. The standard InChI is InChI=1S/C14H12N2O3/c1-9-7-8-11(14(15)17)12(13(9)16(18)19)10-5-3-2-4-6-10/h2-8H,1H3,(H2,15,17). The first kappa shape index (κ1) is 12.8. The summed E-state index contributed by atoms with van der Waals surface area (Å²) in [5, 5.41) is 11.2. The molecule has 0 spiro atoms. The third-order valence-electron chi connectivity index (χ3n) is 2.89. The fourth-order valence-corrected chi connectivity index (χ4v) is 2.03. The molecule has 0 radical (unpaired) electrons. The number of nitrogens with zero attached hydrogens (tertiary/aromatic N) is 1. The lowest BCUT2D eigenvalue weighted by Crippen LogP contribution is -2.13. The van der Waals surface area contributed by atoms with Crippen LogP contribution in [0.4, 0.5) is 5.69 Å². The van der Waals surface area contributed by atoms with Gasteiger partial charge in [-0.25, -0.2) is 0 Å². The third kappa shape index (κ3) is 2.30. The number of primary amides is 1. The molecule has 1 amide bonds. The molecule has 0 saturated heterocycles. The van der Waals surface area contributed by atoms with Crippen molar-refractivity contribution in [1.29, 1.82) is 0 Å². The molecule has 2 aromatic carbocycles. The average Bonchev–Trinajstić information content (AvgIpc) is 2.38. The second-order valence-electron chi connectivity index (χ2n) is 4.14. The number of aryl methyl sites for hydroxylation is 1. The largest absolute Gasteiger partial charge is 0.366 e. The van der Waals surface area contributed by atoms with Crippen molar-refractivity contribution in [3.63, 3.8) is 0 Å². The predicted molar refractivity (Wildman–Crippen MR) is 71.8 cm³/mol. The van der Waals surface area contributed by atoms with Gasteiger partial charge in [-0.05, 0) is 18.6 Å². The summed E-state index contributed by atoms with van der Waals surface area (Å²) in [4.78, 5) is 22.2. The fraction of sp³-hybridized carbons (Fsp3) is 0.0714. The Morgan fingerprint density at radius 1 is 1.16 bits per heavy atom. The Bertz CT molecular complexity index is 651. The number of carbonyl (C=O) groups excluding carboxylic acids is 1. The van der Waals surface area contributed by atoms with Gasteiger partial charge in [-0.2, -0.15) is 0 Å². The summed E-state index contributed by atoms with van der Waals surface area (Å²) in [5.74, 6) is -0.679. The van der Waals surface area contributed by atoms with Crippen molar-refractivity contribution >= 4 is 11.6 Å². The molecule has 2 rings (SSSR count). The van der Waals surface area contributed by atoms with Crippen molar-refractivity contribution in [3.8, 4) is 11.1 Å². The van der Waals surface area contributed by atoms with Gasteiger partial charge in [0.1, 0.15) is 0 Å². The summed E-state index contributed by atoms with van der Waals surface area (Å²) in [5.41, 5.74) is 6.76. The maximum atomic E-state index is 11.5. The number of nitro benzene ring substituents is 1. The SMILES string of the molecule is Cc1ccc(C(N)=O)c(-c2ccccc2)c1[N+](=O)[O-]. The molecule has 0 saturated carbocycles. The second-order valence-corrected chi connectivity index (χ2v) is 4.14. The highest BCUT2D eigenvalue weighted by molar-refractivity contribution is 6.02. The molecule has 96 valence electrons. The number of nitro groups is 1. The zero-order chi connectivity index (χ0) is 14.0. The summed E-state index contributed by atoms with van der Waals surface area (Å²) < 4.78 is 0. The number of carbonyl (C=O) groups is 1. The summed E-state index contributed by atoms with van der Waals surface area (Å²) in [7, 11) is 0. The third-order valence-corrected chi connectivity index (χ3v) is 2.89. The van der Waals surface area contributed by atoms with E-state index in [0.717, 1.165) is 0 Å². The van der Waals surface area contributed by atoms with Gasteiger partial charge in [0.2, 0.25) is 5.91 Å². The van der Waals surface area contributed by atoms with E-state index in [9.17, 15) is 14.9 Å². The van der Waals surface area contributed by atoms with Gasteiger partial charge in [0, 0.05) is 5.56 Å². The molecule has 2 aromatic rings. The van der Waals surface area contributed by atoms with Crippen LogP contribution in [0.1, 0.15) is 15.9 Å². The van der Waals surface area contributed by atoms with Gasteiger partial charge < -0.3 is 5.73 Å². The summed E-state index contributed by atoms with van der Waals surface area (Å²) in [6, 6.07) is 11.8. The van der Waals surface area contributed by atoms with Crippen molar-refractivity contribution in [2.45, 2.75) is 6.92 Å². The van der Waals surface area contributed by atoms with Crippen molar-refractivity contribution in [3.05, 3.63) is 63.7 Å². The summed E-state index contributed by atoms with van der Waals surface area (Å²) in [6.07, 6.45) is 0. The van der Waals surface area contributed by atoms with E-state index in [-0.39, 0.29) is 16.8 Å². The lowest BCUT2D eigenvalue weighted by Gasteiger charge is -2.09. The fourth-order valence-electron chi connectivity index (χ4n) is 2.03. The van der Waals surface area contributed by atoms with Gasteiger partial charge in [0.25, 0.3) is 5.69 Å². The molecule has 19 heavy (non-hydrogen) atoms. The van der Waals surface area contributed by atoms with Crippen LogP contribution in [0.25, 0.3) is 11.1 Å². The van der Waals surface area contributed by atoms with E-state index in [2.05, 4.69) is 0 Å². The lowest BCUT2D eigenvalue weighted by atomic mass is 9.95. The number of amides is 1. The Balaban J connectivity index is 2.85. The maximum absolute atomic E-state index is 11.5. The molecule has 0 aromatic heterocycles. The maximum Gasteiger partial charge on any atom is 0.280 e. The van der Waals surface area contributed by atoms with Crippen molar-refractivity contribution in [2.24, 2.45) is 5.73 Å². The van der Waals surface area contributed by atoms with Crippen LogP contribution in [0.5, 0.6) is 0 Å². The van der Waals surface area contributed by atoms with Crippen LogP contribution in [-0.2, 0) is 0 Å². The Morgan fingerprint density at radius 2 is 1.79 bits per heavy atom. The molecule has 0 atom stereocenters. The first-order valence-electron chi connectivity index (χ1n) is 5.65. The number of hydrogen-bond acceptors (Lipinski definition) is 3. The molecule has 0 heterocycles. The lowest BCUT2D eigenvalue weighted by molar-refractivity contribution is -0.384. The average molecular weight is 256 g/mol. The van der Waals surface area contributed by atoms with Crippen LogP contribution in [0.3, 0.4) is 0 Å². The molecule has 0 aliphatic heterocycles. The molecule has 0 fully saturated rings. The van der Waals surface area contributed by atoms with Gasteiger partial charge in [0.15, 0.2) is 0 Å². The van der Waals surface area contributed by atoms with Crippen molar-refractivity contribution < 1.29 is 9.72 Å². The first-order chi connectivity index (χ1) is 9.02. The van der Waals surface area contributed by atoms with Gasteiger partial charge in [-0.3, -0.25) is 14.9 Å². The molecule has 2 N–H and O–H groups in total. The van der Waals surface area contributed by atoms with Crippen molar-refractivity contribution in [1.82, 2.24) is 0 Å². The number of rotatable bonds is 3. The van der Waals surface area contributed by atoms with Gasteiger partial charge in [-0.1, -0.05) is 36.4 Å². The van der Waals surface area contributed by atoms with Crippen LogP contribution >= 0.6 is 0 Å². The topological polar surface area (TPSA) is 86.2 Å². The van der Waals surface area contributed by atoms with Gasteiger partial charge in [0.05, 0.1) is 16.1 Å². The molecule has 0 unspecified atom stereocenters. The highest BCUT2D eigenvalue weighted by Crippen LogP contribution is 2.35. The Hall–Kier alpha value is -2.69. The second kappa shape index (κ2) is 4.89. The number of benzene rings is 2. The van der Waals surface area contributed by atoms with E-state index < -0.39 is 10.8 Å². The zero-order valence-corrected chi connectivity index (χ0v) is 10.3. The summed E-state index contributed by atoms with van der Waals surface area (Å²) in [6.45, 7) is 1.63. The quantitative estimate of drug-likeness (QED) is 0.676. The minimum atomic E-state index is -0.679. The highest BCUT2D eigenvalue weighted by atomic mass is 16.6. The zero-order valence-electron chi connectivity index (χ0n) is 10.3. The Kier molecular flexibility index (Phi) is 3.29. The smallest absolute Gasteiger partial charge is 0.280 e. The number of nitrogens with two attached hydrogens (primary N) is 1. The van der Waals surface area contributed by atoms with E-state index in [1.54, 1.807) is 37.3 Å². The summed E-state index contributed by atoms with van der Waals surface area (Å²) >= 11 is 0. The Labute approximate surface area is 109 Å². The van der Waals surface area contributed by atoms with Crippen LogP contribution in [-0.4, -0.2) is 10.8 Å². The molecular formula is C14H12N2O3. The van der Waals surface area contributed by atoms with Crippen LogP contribution in [0, 0.1) is 17.0 Å². The molecule has 5 nitrogen and oxygen atoms in total. The van der Waals surface area contributed by atoms with Gasteiger partial charge >= 0.3 is 0 Å². The van der Waals surface area contributed by atoms with Crippen LogP contribution in [0.15, 0.2) is 42.5 Å². The van der Waals surface area contributed by atoms with E-state index in [0.29, 0.717) is 11.1 Å². The molecular weight excluding hydrogens is 244 g/mol. The Morgan fingerprint density at radius 3 is 2.32 bits per heavy atom. The molecule has 0 aliphatic rings. The molecule has 0 bridgehead atoms. The van der Waals surface area contributed by atoms with Crippen molar-refractivity contribution in [2.75, 3.05) is 0 Å². The molecule has 0 aliphatic carbocycles. The van der Waals surface area contributed by atoms with Crippen LogP contribution < -0.4 is 5.73 Å². The van der Waals surface area contributed by atoms with Crippen LogP contribution in [0.2, 0.25) is 0 Å². The minimum Gasteiger partial charge on any atom is -0.366 e. The monoisotopic (exact) mass is 256 g/mol. The first-order valence-corrected chi connectivity index (χ1v) is 5.65. The van der Waals surface area contributed by atoms with Gasteiger partial charge in [-0.15, -0.1) is 0 Å².